The van der Waals surface area contributed by atoms with E-state index in [1.54, 1.807) is 21.3 Å². The lowest BCUT2D eigenvalue weighted by Gasteiger charge is -2.25. The predicted octanol–water partition coefficient (Wildman–Crippen LogP) is 1.61. The minimum Gasteiger partial charge on any atom is -0.375 e. The highest BCUT2D eigenvalue weighted by Crippen LogP contribution is 2.09. The molecule has 0 saturated heterocycles. The first-order valence-electron chi connectivity index (χ1n) is 4.91. The first kappa shape index (κ1) is 14.1. The molecule has 4 nitrogen and oxygen atoms in total. The Morgan fingerprint density at radius 3 is 1.93 bits per heavy atom. The van der Waals surface area contributed by atoms with Gasteiger partial charge in [-0.1, -0.05) is 13.3 Å². The van der Waals surface area contributed by atoms with Crippen LogP contribution in [0.5, 0.6) is 0 Å². The van der Waals surface area contributed by atoms with E-state index in [9.17, 15) is 0 Å². The van der Waals surface area contributed by atoms with Crippen LogP contribution >= 0.6 is 0 Å². The van der Waals surface area contributed by atoms with E-state index in [2.05, 4.69) is 6.92 Å². The Kier molecular flexibility index (Phi) is 7.39. The Bertz CT molecular complexity index is 131. The molecule has 0 bridgehead atoms. The fourth-order valence-electron chi connectivity index (χ4n) is 1.16. The molecule has 86 valence electrons. The summed E-state index contributed by atoms with van der Waals surface area (Å²) in [6.07, 6.45) is 2.80. The third kappa shape index (κ3) is 4.52. The standard InChI is InChI=1S/C9H22O4Si/c1-6-7-9(2)13-8-14(10-3,11-4)12-5/h9H,6-8H2,1-5H3. The molecule has 0 heterocycles. The molecule has 0 spiro atoms. The first-order chi connectivity index (χ1) is 6.64. The van der Waals surface area contributed by atoms with Crippen LogP contribution in [-0.4, -0.2) is 42.5 Å². The fourth-order valence-corrected chi connectivity index (χ4v) is 2.50. The molecule has 0 aromatic rings. The molecular weight excluding hydrogens is 200 g/mol. The zero-order chi connectivity index (χ0) is 11.0. The molecule has 1 unspecified atom stereocenters. The third-order valence-electron chi connectivity index (χ3n) is 2.17. The van der Waals surface area contributed by atoms with Crippen LogP contribution in [0.1, 0.15) is 26.7 Å². The Morgan fingerprint density at radius 1 is 1.07 bits per heavy atom. The maximum atomic E-state index is 5.61. The molecule has 0 saturated carbocycles. The minimum atomic E-state index is -2.53. The normalized spacial score (nSPS) is 14.4. The fraction of sp³-hybridized carbons (Fsp3) is 1.00. The summed E-state index contributed by atoms with van der Waals surface area (Å²) >= 11 is 0. The maximum absolute atomic E-state index is 5.61. The molecule has 0 aromatic carbocycles. The van der Waals surface area contributed by atoms with Crippen molar-refractivity contribution in [3.8, 4) is 0 Å². The summed E-state index contributed by atoms with van der Waals surface area (Å²) in [5.74, 6) is 0. The summed E-state index contributed by atoms with van der Waals surface area (Å²) in [7, 11) is 2.24. The SMILES string of the molecule is CCCC(C)OC[Si](OC)(OC)OC. The molecule has 5 heteroatoms. The van der Waals surface area contributed by atoms with Crippen molar-refractivity contribution in [2.45, 2.75) is 32.8 Å². The van der Waals surface area contributed by atoms with Gasteiger partial charge in [-0.2, -0.15) is 0 Å². The van der Waals surface area contributed by atoms with Gasteiger partial charge in [-0.15, -0.1) is 0 Å². The van der Waals surface area contributed by atoms with E-state index >= 15 is 0 Å². The molecule has 0 fully saturated rings. The maximum Gasteiger partial charge on any atom is 0.527 e. The Hall–Kier alpha value is 0.0569. The molecule has 0 aliphatic rings. The van der Waals surface area contributed by atoms with Gasteiger partial charge in [-0.3, -0.25) is 0 Å². The van der Waals surface area contributed by atoms with Gasteiger partial charge in [0.15, 0.2) is 0 Å². The highest BCUT2D eigenvalue weighted by atomic mass is 28.4. The van der Waals surface area contributed by atoms with Crippen molar-refractivity contribution in [3.63, 3.8) is 0 Å². The largest absolute Gasteiger partial charge is 0.527 e. The molecular formula is C9H22O4Si. The second-order valence-corrected chi connectivity index (χ2v) is 6.09. The molecule has 14 heavy (non-hydrogen) atoms. The van der Waals surface area contributed by atoms with Gasteiger partial charge >= 0.3 is 8.80 Å². The highest BCUT2D eigenvalue weighted by Gasteiger charge is 2.38. The van der Waals surface area contributed by atoms with E-state index in [0.29, 0.717) is 6.23 Å². The lowest BCUT2D eigenvalue weighted by molar-refractivity contribution is 0.0289. The monoisotopic (exact) mass is 222 g/mol. The van der Waals surface area contributed by atoms with Gasteiger partial charge < -0.3 is 18.0 Å². The topological polar surface area (TPSA) is 36.9 Å². The summed E-state index contributed by atoms with van der Waals surface area (Å²) in [5.41, 5.74) is 0. The smallest absolute Gasteiger partial charge is 0.375 e. The predicted molar refractivity (Wildman–Crippen MR) is 57.1 cm³/mol. The molecule has 0 rings (SSSR count). The van der Waals surface area contributed by atoms with E-state index in [-0.39, 0.29) is 6.10 Å². The molecule has 0 N–H and O–H groups in total. The number of hydrogen-bond donors (Lipinski definition) is 0. The van der Waals surface area contributed by atoms with Crippen LogP contribution in [0.4, 0.5) is 0 Å². The van der Waals surface area contributed by atoms with Crippen LogP contribution in [0.3, 0.4) is 0 Å². The number of ether oxygens (including phenoxy) is 1. The zero-order valence-electron chi connectivity index (χ0n) is 9.83. The van der Waals surface area contributed by atoms with Gasteiger partial charge in [0, 0.05) is 21.3 Å². The van der Waals surface area contributed by atoms with Gasteiger partial charge in [-0.05, 0) is 13.3 Å². The lowest BCUT2D eigenvalue weighted by Crippen LogP contribution is -2.48. The summed E-state index contributed by atoms with van der Waals surface area (Å²) < 4.78 is 21.3. The van der Waals surface area contributed by atoms with E-state index in [1.807, 2.05) is 6.92 Å². The van der Waals surface area contributed by atoms with Crippen molar-refractivity contribution in [3.05, 3.63) is 0 Å². The highest BCUT2D eigenvalue weighted by molar-refractivity contribution is 6.60. The zero-order valence-corrected chi connectivity index (χ0v) is 10.8. The van der Waals surface area contributed by atoms with Gasteiger partial charge in [0.25, 0.3) is 0 Å². The lowest BCUT2D eigenvalue weighted by atomic mass is 10.2. The van der Waals surface area contributed by atoms with Gasteiger partial charge in [0.2, 0.25) is 0 Å². The van der Waals surface area contributed by atoms with Crippen LogP contribution in [0.15, 0.2) is 0 Å². The number of rotatable bonds is 8. The summed E-state index contributed by atoms with van der Waals surface area (Å²) in [6, 6.07) is 0. The second-order valence-electron chi connectivity index (χ2n) is 3.21. The quantitative estimate of drug-likeness (QED) is 0.585. The van der Waals surface area contributed by atoms with Gasteiger partial charge in [-0.25, -0.2) is 0 Å². The number of hydrogen-bond acceptors (Lipinski definition) is 4. The van der Waals surface area contributed by atoms with Crippen LogP contribution in [0.2, 0.25) is 0 Å². The van der Waals surface area contributed by atoms with Crippen LogP contribution in [-0.2, 0) is 18.0 Å². The third-order valence-corrected chi connectivity index (χ3v) is 4.56. The van der Waals surface area contributed by atoms with Gasteiger partial charge in [0.05, 0.1) is 6.10 Å². The minimum absolute atomic E-state index is 0.229. The van der Waals surface area contributed by atoms with Crippen molar-refractivity contribution in [1.29, 1.82) is 0 Å². The second kappa shape index (κ2) is 7.36. The molecule has 0 aliphatic heterocycles. The van der Waals surface area contributed by atoms with Crippen molar-refractivity contribution >= 4 is 8.80 Å². The summed E-state index contributed by atoms with van der Waals surface area (Å²) in [4.78, 5) is 0. The van der Waals surface area contributed by atoms with Gasteiger partial charge in [0.1, 0.15) is 6.23 Å². The van der Waals surface area contributed by atoms with Crippen molar-refractivity contribution in [1.82, 2.24) is 0 Å². The van der Waals surface area contributed by atoms with E-state index < -0.39 is 8.80 Å². The van der Waals surface area contributed by atoms with Crippen LogP contribution in [0.25, 0.3) is 0 Å². The first-order valence-corrected chi connectivity index (χ1v) is 6.84. The van der Waals surface area contributed by atoms with Crippen molar-refractivity contribution in [2.24, 2.45) is 0 Å². The average molecular weight is 222 g/mol. The Labute approximate surface area is 87.9 Å². The molecule has 0 aliphatic carbocycles. The van der Waals surface area contributed by atoms with E-state index in [0.717, 1.165) is 12.8 Å². The average Bonchev–Trinajstić information content (AvgIpc) is 2.21. The van der Waals surface area contributed by atoms with E-state index in [1.165, 1.54) is 0 Å². The molecule has 0 radical (unpaired) electrons. The molecule has 0 amide bonds. The Balaban J connectivity index is 3.92. The van der Waals surface area contributed by atoms with Crippen molar-refractivity contribution < 1.29 is 18.0 Å². The summed E-state index contributed by atoms with van der Waals surface area (Å²) in [5, 5.41) is 0. The van der Waals surface area contributed by atoms with Crippen molar-refractivity contribution in [2.75, 3.05) is 27.6 Å². The van der Waals surface area contributed by atoms with E-state index in [4.69, 9.17) is 18.0 Å². The van der Waals surface area contributed by atoms with Crippen LogP contribution < -0.4 is 0 Å². The van der Waals surface area contributed by atoms with Crippen LogP contribution in [0, 0.1) is 0 Å². The summed E-state index contributed by atoms with van der Waals surface area (Å²) in [6.45, 7) is 4.18. The molecule has 0 aromatic heterocycles. The molecule has 1 atom stereocenters. The Morgan fingerprint density at radius 2 is 1.57 bits per heavy atom.